The molecule has 1 rings (SSSR count). The molecule has 12 heavy (non-hydrogen) atoms. The normalized spacial score (nSPS) is 9.83. The average Bonchev–Trinajstić information content (AvgIpc) is 2.47. The molecule has 0 aromatic carbocycles. The second-order valence-electron chi connectivity index (χ2n) is 2.34. The Morgan fingerprint density at radius 2 is 2.58 bits per heavy atom. The third kappa shape index (κ3) is 2.23. The number of halogens is 1. The second kappa shape index (κ2) is 4.11. The van der Waals surface area contributed by atoms with Crippen molar-refractivity contribution in [1.29, 1.82) is 0 Å². The minimum Gasteiger partial charge on any atom is -0.364 e. The third-order valence-corrected chi connectivity index (χ3v) is 1.69. The molecule has 1 heterocycles. The third-order valence-electron chi connectivity index (χ3n) is 1.45. The fraction of sp³-hybridized carbons (Fsp3) is 0.429. The summed E-state index contributed by atoms with van der Waals surface area (Å²) in [5.74, 6) is -0.220. The fourth-order valence-electron chi connectivity index (χ4n) is 0.724. The van der Waals surface area contributed by atoms with Crippen LogP contribution in [0, 0.1) is 6.92 Å². The van der Waals surface area contributed by atoms with E-state index in [4.69, 9.17) is 11.6 Å². The van der Waals surface area contributed by atoms with Crippen LogP contribution in [0.15, 0.2) is 10.8 Å². The number of hydrogen-bond donors (Lipinski definition) is 1. The van der Waals surface area contributed by atoms with Crippen molar-refractivity contribution in [2.45, 2.75) is 13.5 Å². The minimum absolute atomic E-state index is 0.0235. The van der Waals surface area contributed by atoms with Gasteiger partial charge in [-0.25, -0.2) is 0 Å². The van der Waals surface area contributed by atoms with E-state index in [2.05, 4.69) is 15.0 Å². The van der Waals surface area contributed by atoms with E-state index < -0.39 is 0 Å². The van der Waals surface area contributed by atoms with Gasteiger partial charge in [-0.1, -0.05) is 5.16 Å². The zero-order chi connectivity index (χ0) is 8.97. The first-order valence-electron chi connectivity index (χ1n) is 3.46. The molecule has 0 unspecified atom stereocenters. The van der Waals surface area contributed by atoms with Crippen LogP contribution in [0.3, 0.4) is 0 Å². The van der Waals surface area contributed by atoms with Gasteiger partial charge >= 0.3 is 0 Å². The van der Waals surface area contributed by atoms with Gasteiger partial charge in [0.1, 0.15) is 12.1 Å². The van der Waals surface area contributed by atoms with Crippen LogP contribution >= 0.6 is 11.6 Å². The summed E-state index contributed by atoms with van der Waals surface area (Å²) in [6.07, 6.45) is 1.50. The molecule has 1 aromatic heterocycles. The van der Waals surface area contributed by atoms with Crippen LogP contribution < -0.4 is 5.32 Å². The van der Waals surface area contributed by atoms with E-state index in [0.717, 1.165) is 11.3 Å². The largest absolute Gasteiger partial charge is 0.364 e. The van der Waals surface area contributed by atoms with Gasteiger partial charge in [-0.2, -0.15) is 0 Å². The quantitative estimate of drug-likeness (QED) is 0.716. The van der Waals surface area contributed by atoms with E-state index >= 15 is 0 Å². The van der Waals surface area contributed by atoms with E-state index in [1.165, 1.54) is 6.26 Å². The number of amides is 1. The van der Waals surface area contributed by atoms with E-state index in [9.17, 15) is 4.79 Å². The number of hydrogen-bond acceptors (Lipinski definition) is 3. The van der Waals surface area contributed by atoms with Crippen LogP contribution in [0.5, 0.6) is 0 Å². The lowest BCUT2D eigenvalue weighted by Gasteiger charge is -1.99. The maximum atomic E-state index is 10.7. The van der Waals surface area contributed by atoms with Crippen molar-refractivity contribution in [3.63, 3.8) is 0 Å². The van der Waals surface area contributed by atoms with Crippen LogP contribution in [0.1, 0.15) is 11.3 Å². The van der Waals surface area contributed by atoms with Crippen molar-refractivity contribution >= 4 is 17.5 Å². The zero-order valence-electron chi connectivity index (χ0n) is 6.63. The van der Waals surface area contributed by atoms with Gasteiger partial charge in [-0.15, -0.1) is 11.6 Å². The highest BCUT2D eigenvalue weighted by Gasteiger charge is 2.03. The summed E-state index contributed by atoms with van der Waals surface area (Å²) in [4.78, 5) is 10.7. The highest BCUT2D eigenvalue weighted by atomic mass is 35.5. The number of nitrogens with one attached hydrogen (secondary N) is 1. The Morgan fingerprint density at radius 1 is 1.83 bits per heavy atom. The molecular weight excluding hydrogens is 180 g/mol. The standard InChI is InChI=1S/C7H9ClN2O2/c1-5-6(4-12-10-5)3-9-7(11)2-8/h4H,2-3H2,1H3,(H,9,11). The van der Waals surface area contributed by atoms with E-state index in [0.29, 0.717) is 6.54 Å². The Balaban J connectivity index is 2.43. The molecule has 1 aromatic rings. The lowest BCUT2D eigenvalue weighted by molar-refractivity contribution is -0.118. The molecule has 0 saturated carbocycles. The predicted octanol–water partition coefficient (Wildman–Crippen LogP) is 0.838. The van der Waals surface area contributed by atoms with Gasteiger partial charge in [0.2, 0.25) is 5.91 Å². The smallest absolute Gasteiger partial charge is 0.235 e. The second-order valence-corrected chi connectivity index (χ2v) is 2.60. The average molecular weight is 189 g/mol. The van der Waals surface area contributed by atoms with Crippen molar-refractivity contribution in [2.75, 3.05) is 5.88 Å². The Labute approximate surface area is 74.9 Å². The number of alkyl halides is 1. The molecule has 0 aliphatic heterocycles. The van der Waals surface area contributed by atoms with Gasteiger partial charge in [0.25, 0.3) is 0 Å². The van der Waals surface area contributed by atoms with Crippen LogP contribution in [0.4, 0.5) is 0 Å². The lowest BCUT2D eigenvalue weighted by atomic mass is 10.3. The van der Waals surface area contributed by atoms with E-state index in [-0.39, 0.29) is 11.8 Å². The highest BCUT2D eigenvalue weighted by molar-refractivity contribution is 6.27. The molecule has 0 aliphatic carbocycles. The summed E-state index contributed by atoms with van der Waals surface area (Å²) in [7, 11) is 0. The van der Waals surface area contributed by atoms with Crippen molar-refractivity contribution in [3.05, 3.63) is 17.5 Å². The van der Waals surface area contributed by atoms with Gasteiger partial charge < -0.3 is 9.84 Å². The zero-order valence-corrected chi connectivity index (χ0v) is 7.39. The molecule has 0 fully saturated rings. The van der Waals surface area contributed by atoms with E-state index in [1.54, 1.807) is 0 Å². The molecule has 66 valence electrons. The van der Waals surface area contributed by atoms with Crippen LogP contribution in [0.2, 0.25) is 0 Å². The summed E-state index contributed by atoms with van der Waals surface area (Å²) in [6, 6.07) is 0. The first kappa shape index (κ1) is 9.06. The van der Waals surface area contributed by atoms with Crippen molar-refractivity contribution in [1.82, 2.24) is 10.5 Å². The van der Waals surface area contributed by atoms with Gasteiger partial charge in [0.15, 0.2) is 0 Å². The molecule has 0 atom stereocenters. The Hall–Kier alpha value is -1.03. The minimum atomic E-state index is -0.197. The first-order chi connectivity index (χ1) is 5.74. The molecule has 1 N–H and O–H groups in total. The van der Waals surface area contributed by atoms with Crippen LogP contribution in [0.25, 0.3) is 0 Å². The molecule has 4 nitrogen and oxygen atoms in total. The van der Waals surface area contributed by atoms with Crippen molar-refractivity contribution < 1.29 is 9.32 Å². The summed E-state index contributed by atoms with van der Waals surface area (Å²) in [5, 5.41) is 6.27. The van der Waals surface area contributed by atoms with Gasteiger partial charge in [0.05, 0.1) is 5.69 Å². The summed E-state index contributed by atoms with van der Waals surface area (Å²) in [6.45, 7) is 2.23. The molecule has 0 bridgehead atoms. The van der Waals surface area contributed by atoms with Crippen LogP contribution in [-0.4, -0.2) is 16.9 Å². The molecular formula is C7H9ClN2O2. The Bertz CT molecular complexity index is 272. The predicted molar refractivity (Wildman–Crippen MR) is 43.8 cm³/mol. The Kier molecular flexibility index (Phi) is 3.10. The van der Waals surface area contributed by atoms with Crippen molar-refractivity contribution in [2.24, 2.45) is 0 Å². The molecule has 0 spiro atoms. The number of carbonyl (C=O) groups excluding carboxylic acids is 1. The van der Waals surface area contributed by atoms with Gasteiger partial charge in [0, 0.05) is 12.1 Å². The van der Waals surface area contributed by atoms with E-state index in [1.807, 2.05) is 6.92 Å². The summed E-state index contributed by atoms with van der Waals surface area (Å²) < 4.78 is 4.68. The molecule has 1 amide bonds. The SMILES string of the molecule is Cc1nocc1CNC(=O)CCl. The Morgan fingerprint density at radius 3 is 3.08 bits per heavy atom. The molecule has 0 saturated heterocycles. The number of aromatic nitrogens is 1. The number of carbonyl (C=O) groups is 1. The maximum absolute atomic E-state index is 10.7. The fourth-order valence-corrected chi connectivity index (χ4v) is 0.818. The monoisotopic (exact) mass is 188 g/mol. The molecule has 5 heteroatoms. The number of aryl methyl sites for hydroxylation is 1. The first-order valence-corrected chi connectivity index (χ1v) is 4.00. The van der Waals surface area contributed by atoms with Crippen LogP contribution in [-0.2, 0) is 11.3 Å². The maximum Gasteiger partial charge on any atom is 0.235 e. The lowest BCUT2D eigenvalue weighted by Crippen LogP contribution is -2.23. The van der Waals surface area contributed by atoms with Gasteiger partial charge in [-0.05, 0) is 6.92 Å². The number of rotatable bonds is 3. The molecule has 0 aliphatic rings. The topological polar surface area (TPSA) is 55.1 Å². The summed E-state index contributed by atoms with van der Waals surface area (Å²) in [5.41, 5.74) is 1.65. The molecule has 0 radical (unpaired) electrons. The number of nitrogens with zero attached hydrogens (tertiary/aromatic N) is 1. The summed E-state index contributed by atoms with van der Waals surface area (Å²) >= 11 is 5.28. The van der Waals surface area contributed by atoms with Gasteiger partial charge in [-0.3, -0.25) is 4.79 Å². The highest BCUT2D eigenvalue weighted by Crippen LogP contribution is 2.03. The van der Waals surface area contributed by atoms with Crippen molar-refractivity contribution in [3.8, 4) is 0 Å².